The van der Waals surface area contributed by atoms with Gasteiger partial charge < -0.3 is 20.3 Å². The Morgan fingerprint density at radius 1 is 1.26 bits per heavy atom. The van der Waals surface area contributed by atoms with E-state index in [4.69, 9.17) is 4.74 Å². The molecule has 2 N–H and O–H groups in total. The summed E-state index contributed by atoms with van der Waals surface area (Å²) < 4.78 is 5.34. The lowest BCUT2D eigenvalue weighted by Crippen LogP contribution is -2.43. The smallest absolute Gasteiger partial charge is 0.191 e. The van der Waals surface area contributed by atoms with Crippen LogP contribution in [0, 0.1) is 5.92 Å². The monoisotopic (exact) mass is 440 g/mol. The van der Waals surface area contributed by atoms with Crippen LogP contribution in [0.5, 0.6) is 0 Å². The van der Waals surface area contributed by atoms with Crippen molar-refractivity contribution in [2.75, 3.05) is 52.5 Å². The van der Waals surface area contributed by atoms with Crippen LogP contribution < -0.4 is 10.6 Å². The zero-order valence-electron chi connectivity index (χ0n) is 15.3. The second kappa shape index (κ2) is 15.4. The van der Waals surface area contributed by atoms with Crippen LogP contribution in [0.1, 0.15) is 46.5 Å². The van der Waals surface area contributed by atoms with E-state index in [0.717, 1.165) is 64.1 Å². The van der Waals surface area contributed by atoms with Crippen LogP contribution in [0.25, 0.3) is 0 Å². The maximum atomic E-state index is 5.34. The number of aliphatic imine (C=N–C) groups is 1. The van der Waals surface area contributed by atoms with Crippen LogP contribution in [-0.4, -0.2) is 63.3 Å². The largest absolute Gasteiger partial charge is 0.382 e. The molecule has 5 nitrogen and oxygen atoms in total. The molecular weight excluding hydrogens is 403 g/mol. The molecule has 1 aliphatic rings. The highest BCUT2D eigenvalue weighted by molar-refractivity contribution is 14.0. The molecule has 0 aromatic carbocycles. The first kappa shape index (κ1) is 22.9. The Labute approximate surface area is 160 Å². The minimum atomic E-state index is 0. The van der Waals surface area contributed by atoms with Crippen molar-refractivity contribution in [3.8, 4) is 0 Å². The second-order valence-corrected chi connectivity index (χ2v) is 6.14. The summed E-state index contributed by atoms with van der Waals surface area (Å²) in [7, 11) is 0. The van der Waals surface area contributed by atoms with Gasteiger partial charge in [0.05, 0.1) is 0 Å². The molecular formula is C17H37IN4O. The molecule has 1 heterocycles. The van der Waals surface area contributed by atoms with Crippen LogP contribution in [-0.2, 0) is 4.74 Å². The summed E-state index contributed by atoms with van der Waals surface area (Å²) in [6.07, 6.45) is 4.90. The molecule has 1 saturated heterocycles. The molecule has 0 spiro atoms. The Morgan fingerprint density at radius 2 is 2.09 bits per heavy atom. The molecule has 0 saturated carbocycles. The van der Waals surface area contributed by atoms with Gasteiger partial charge in [0.1, 0.15) is 0 Å². The Balaban J connectivity index is 0.00000484. The van der Waals surface area contributed by atoms with E-state index < -0.39 is 0 Å². The molecule has 6 heteroatoms. The molecule has 0 amide bonds. The zero-order valence-corrected chi connectivity index (χ0v) is 17.6. The number of nitrogens with one attached hydrogen (secondary N) is 2. The van der Waals surface area contributed by atoms with Crippen molar-refractivity contribution in [2.45, 2.75) is 46.5 Å². The van der Waals surface area contributed by atoms with Gasteiger partial charge in [-0.2, -0.15) is 0 Å². The lowest BCUT2D eigenvalue weighted by molar-refractivity contribution is 0.144. The lowest BCUT2D eigenvalue weighted by Gasteiger charge is -2.30. The number of ether oxygens (including phenoxy) is 1. The Bertz CT molecular complexity index is 302. The number of rotatable bonds is 10. The minimum Gasteiger partial charge on any atom is -0.382 e. The molecule has 1 unspecified atom stereocenters. The van der Waals surface area contributed by atoms with Crippen molar-refractivity contribution in [1.29, 1.82) is 0 Å². The van der Waals surface area contributed by atoms with E-state index >= 15 is 0 Å². The highest BCUT2D eigenvalue weighted by atomic mass is 127. The number of hydrogen-bond donors (Lipinski definition) is 2. The first-order valence-corrected chi connectivity index (χ1v) is 9.08. The third kappa shape index (κ3) is 12.0. The van der Waals surface area contributed by atoms with Gasteiger partial charge in [-0.15, -0.1) is 24.0 Å². The third-order valence-corrected chi connectivity index (χ3v) is 3.98. The first-order valence-electron chi connectivity index (χ1n) is 9.08. The van der Waals surface area contributed by atoms with Gasteiger partial charge in [-0.05, 0) is 52.0 Å². The second-order valence-electron chi connectivity index (χ2n) is 6.14. The van der Waals surface area contributed by atoms with Gasteiger partial charge in [-0.25, -0.2) is 0 Å². The van der Waals surface area contributed by atoms with E-state index in [1.54, 1.807) is 0 Å². The Kier molecular flexibility index (Phi) is 15.4. The number of hydrogen-bond acceptors (Lipinski definition) is 3. The van der Waals surface area contributed by atoms with E-state index in [1.165, 1.54) is 25.9 Å². The first-order chi connectivity index (χ1) is 10.8. The number of unbranched alkanes of at least 4 members (excludes halogenated alkanes) is 1. The molecule has 0 aromatic heterocycles. The van der Waals surface area contributed by atoms with Gasteiger partial charge in [0.2, 0.25) is 0 Å². The van der Waals surface area contributed by atoms with E-state index in [2.05, 4.69) is 34.4 Å². The minimum absolute atomic E-state index is 0. The van der Waals surface area contributed by atoms with Gasteiger partial charge in [-0.1, -0.05) is 6.92 Å². The van der Waals surface area contributed by atoms with Gasteiger partial charge in [-0.3, -0.25) is 4.99 Å². The maximum Gasteiger partial charge on any atom is 0.191 e. The fourth-order valence-corrected chi connectivity index (χ4v) is 2.82. The third-order valence-electron chi connectivity index (χ3n) is 3.98. The number of nitrogens with zero attached hydrogens (tertiary/aromatic N) is 2. The van der Waals surface area contributed by atoms with Gasteiger partial charge in [0.15, 0.2) is 5.96 Å². The molecule has 138 valence electrons. The highest BCUT2D eigenvalue weighted by Crippen LogP contribution is 2.14. The molecule has 0 bridgehead atoms. The number of guanidine groups is 1. The van der Waals surface area contributed by atoms with Crippen molar-refractivity contribution < 1.29 is 4.74 Å². The molecule has 1 atom stereocenters. The highest BCUT2D eigenvalue weighted by Gasteiger charge is 2.15. The van der Waals surface area contributed by atoms with Crippen molar-refractivity contribution >= 4 is 29.9 Å². The summed E-state index contributed by atoms with van der Waals surface area (Å²) >= 11 is 0. The standard InChI is InChI=1S/C17H36N4O.HI/c1-4-18-17(19-10-6-7-14-22-5-2)20-11-13-21-12-8-9-16(3)15-21;/h16H,4-15H2,1-3H3,(H2,18,19,20);1H. The fourth-order valence-electron chi connectivity index (χ4n) is 2.82. The van der Waals surface area contributed by atoms with Crippen molar-refractivity contribution in [1.82, 2.24) is 15.5 Å². The number of likely N-dealkylation sites (tertiary alicyclic amines) is 1. The summed E-state index contributed by atoms with van der Waals surface area (Å²) in [4.78, 5) is 7.19. The van der Waals surface area contributed by atoms with Crippen molar-refractivity contribution in [3.05, 3.63) is 0 Å². The molecule has 1 rings (SSSR count). The van der Waals surface area contributed by atoms with Crippen LogP contribution in [0.3, 0.4) is 0 Å². The van der Waals surface area contributed by atoms with Gasteiger partial charge in [0, 0.05) is 45.9 Å². The Hall–Kier alpha value is -0.0800. The summed E-state index contributed by atoms with van der Waals surface area (Å²) in [5.41, 5.74) is 0. The summed E-state index contributed by atoms with van der Waals surface area (Å²) in [6, 6.07) is 0. The normalized spacial score (nSPS) is 19.3. The molecule has 0 aromatic rings. The number of piperidine rings is 1. The van der Waals surface area contributed by atoms with Crippen molar-refractivity contribution in [2.24, 2.45) is 10.9 Å². The van der Waals surface area contributed by atoms with Crippen LogP contribution in [0.4, 0.5) is 0 Å². The van der Waals surface area contributed by atoms with Gasteiger partial charge in [0.25, 0.3) is 0 Å². The van der Waals surface area contributed by atoms with Crippen LogP contribution in [0.2, 0.25) is 0 Å². The molecule has 0 aliphatic carbocycles. The summed E-state index contributed by atoms with van der Waals surface area (Å²) in [5, 5.41) is 6.77. The maximum absolute atomic E-state index is 5.34. The SMILES string of the molecule is CCNC(=NCCCCOCC)NCCN1CCCC(C)C1.I. The molecule has 0 radical (unpaired) electrons. The van der Waals surface area contributed by atoms with Crippen LogP contribution in [0.15, 0.2) is 4.99 Å². The fraction of sp³-hybridized carbons (Fsp3) is 0.941. The zero-order chi connectivity index (χ0) is 16.0. The lowest BCUT2D eigenvalue weighted by atomic mass is 10.0. The van der Waals surface area contributed by atoms with Gasteiger partial charge >= 0.3 is 0 Å². The van der Waals surface area contributed by atoms with Crippen LogP contribution >= 0.6 is 24.0 Å². The van der Waals surface area contributed by atoms with Crippen molar-refractivity contribution in [3.63, 3.8) is 0 Å². The van der Waals surface area contributed by atoms with E-state index in [-0.39, 0.29) is 24.0 Å². The molecule has 1 fully saturated rings. The van der Waals surface area contributed by atoms with E-state index in [0.29, 0.717) is 0 Å². The molecule has 1 aliphatic heterocycles. The quantitative estimate of drug-likeness (QED) is 0.237. The molecule has 23 heavy (non-hydrogen) atoms. The van der Waals surface area contributed by atoms with E-state index in [1.807, 2.05) is 6.92 Å². The van der Waals surface area contributed by atoms with E-state index in [9.17, 15) is 0 Å². The average molecular weight is 440 g/mol. The predicted octanol–water partition coefficient (Wildman–Crippen LogP) is 2.71. The average Bonchev–Trinajstić information content (AvgIpc) is 2.51. The summed E-state index contributed by atoms with van der Waals surface area (Å²) in [5.74, 6) is 1.80. The summed E-state index contributed by atoms with van der Waals surface area (Å²) in [6.45, 7) is 14.5. The predicted molar refractivity (Wildman–Crippen MR) is 110 cm³/mol. The topological polar surface area (TPSA) is 48.9 Å². The Morgan fingerprint density at radius 3 is 2.78 bits per heavy atom. The number of halogens is 1.